The SMILES string of the molecule is CN(C(=O)c1ccc(Cl)c(Cl)c1)C(NCCc1cnc[nH]1)Nc1cccc(-c2ccccc2)c1. The summed E-state index contributed by atoms with van der Waals surface area (Å²) in [6, 6.07) is 23.1. The molecule has 6 nitrogen and oxygen atoms in total. The number of rotatable bonds is 9. The van der Waals surface area contributed by atoms with Crippen molar-refractivity contribution in [1.82, 2.24) is 20.2 Å². The summed E-state index contributed by atoms with van der Waals surface area (Å²) in [6.07, 6.45) is 3.70. The first-order valence-electron chi connectivity index (χ1n) is 10.9. The molecule has 0 aliphatic rings. The topological polar surface area (TPSA) is 73.0 Å². The lowest BCUT2D eigenvalue weighted by Crippen LogP contribution is -2.52. The number of aromatic nitrogens is 2. The first kappa shape index (κ1) is 23.8. The Bertz CT molecular complexity index is 1230. The van der Waals surface area contributed by atoms with Crippen LogP contribution < -0.4 is 10.6 Å². The maximum absolute atomic E-state index is 13.2. The number of hydrogen-bond donors (Lipinski definition) is 3. The zero-order valence-corrected chi connectivity index (χ0v) is 20.1. The summed E-state index contributed by atoms with van der Waals surface area (Å²) in [5.74, 6) is -0.190. The van der Waals surface area contributed by atoms with Gasteiger partial charge in [0.1, 0.15) is 0 Å². The largest absolute Gasteiger partial charge is 0.353 e. The van der Waals surface area contributed by atoms with Crippen LogP contribution in [0.15, 0.2) is 85.3 Å². The van der Waals surface area contributed by atoms with Crippen LogP contribution in [-0.2, 0) is 6.42 Å². The molecule has 34 heavy (non-hydrogen) atoms. The predicted molar refractivity (Wildman–Crippen MR) is 138 cm³/mol. The second kappa shape index (κ2) is 11.2. The highest BCUT2D eigenvalue weighted by Gasteiger charge is 2.21. The molecule has 0 fully saturated rings. The lowest BCUT2D eigenvalue weighted by atomic mass is 10.1. The summed E-state index contributed by atoms with van der Waals surface area (Å²) in [5, 5.41) is 7.63. The number of H-pyrrole nitrogens is 1. The van der Waals surface area contributed by atoms with Crippen LogP contribution in [0.2, 0.25) is 10.0 Å². The number of carbonyl (C=O) groups excluding carboxylic acids is 1. The van der Waals surface area contributed by atoms with Crippen LogP contribution in [0, 0.1) is 0 Å². The molecular formula is C26H25Cl2N5O. The fourth-order valence-electron chi connectivity index (χ4n) is 3.58. The molecule has 3 N–H and O–H groups in total. The third kappa shape index (κ3) is 5.97. The smallest absolute Gasteiger partial charge is 0.256 e. The minimum atomic E-state index is -0.476. The van der Waals surface area contributed by atoms with Crippen molar-refractivity contribution in [3.63, 3.8) is 0 Å². The summed E-state index contributed by atoms with van der Waals surface area (Å²) >= 11 is 12.2. The van der Waals surface area contributed by atoms with Crippen LogP contribution in [0.5, 0.6) is 0 Å². The monoisotopic (exact) mass is 493 g/mol. The van der Waals surface area contributed by atoms with E-state index in [1.165, 1.54) is 0 Å². The number of carbonyl (C=O) groups is 1. The Hall–Kier alpha value is -3.32. The summed E-state index contributed by atoms with van der Waals surface area (Å²) < 4.78 is 0. The summed E-state index contributed by atoms with van der Waals surface area (Å²) in [6.45, 7) is 0.622. The van der Waals surface area contributed by atoms with Gasteiger partial charge in [-0.3, -0.25) is 10.1 Å². The quantitative estimate of drug-likeness (QED) is 0.262. The molecule has 0 bridgehead atoms. The molecule has 1 atom stereocenters. The number of nitrogens with zero attached hydrogens (tertiary/aromatic N) is 2. The van der Waals surface area contributed by atoms with Gasteiger partial charge in [-0.1, -0.05) is 65.7 Å². The van der Waals surface area contributed by atoms with E-state index in [2.05, 4.69) is 44.9 Å². The highest BCUT2D eigenvalue weighted by atomic mass is 35.5. The van der Waals surface area contributed by atoms with Crippen molar-refractivity contribution >= 4 is 34.8 Å². The highest BCUT2D eigenvalue weighted by molar-refractivity contribution is 6.42. The van der Waals surface area contributed by atoms with Crippen LogP contribution in [0.25, 0.3) is 11.1 Å². The Morgan fingerprint density at radius 3 is 2.53 bits per heavy atom. The number of benzene rings is 3. The molecule has 0 aliphatic heterocycles. The first-order valence-corrected chi connectivity index (χ1v) is 11.6. The van der Waals surface area contributed by atoms with E-state index in [1.54, 1.807) is 42.7 Å². The minimum absolute atomic E-state index is 0.190. The van der Waals surface area contributed by atoms with Gasteiger partial charge in [0.25, 0.3) is 5.91 Å². The Kier molecular flexibility index (Phi) is 7.85. The van der Waals surface area contributed by atoms with Gasteiger partial charge in [-0.25, -0.2) is 4.98 Å². The lowest BCUT2D eigenvalue weighted by molar-refractivity contribution is 0.0725. The van der Waals surface area contributed by atoms with Crippen molar-refractivity contribution in [3.05, 3.63) is 107 Å². The number of anilines is 1. The second-order valence-electron chi connectivity index (χ2n) is 7.82. The van der Waals surface area contributed by atoms with E-state index in [0.717, 1.165) is 28.9 Å². The molecule has 4 aromatic rings. The molecule has 174 valence electrons. The maximum Gasteiger partial charge on any atom is 0.256 e. The van der Waals surface area contributed by atoms with Crippen LogP contribution in [0.4, 0.5) is 5.69 Å². The number of hydrogen-bond acceptors (Lipinski definition) is 4. The lowest BCUT2D eigenvalue weighted by Gasteiger charge is -2.31. The minimum Gasteiger partial charge on any atom is -0.353 e. The van der Waals surface area contributed by atoms with E-state index in [-0.39, 0.29) is 5.91 Å². The average molecular weight is 494 g/mol. The van der Waals surface area contributed by atoms with Gasteiger partial charge in [-0.2, -0.15) is 0 Å². The van der Waals surface area contributed by atoms with Crippen molar-refractivity contribution in [3.8, 4) is 11.1 Å². The van der Waals surface area contributed by atoms with Crippen molar-refractivity contribution in [2.24, 2.45) is 0 Å². The number of imidazole rings is 1. The molecule has 0 saturated heterocycles. The average Bonchev–Trinajstić information content (AvgIpc) is 3.38. The predicted octanol–water partition coefficient (Wildman–Crippen LogP) is 5.68. The van der Waals surface area contributed by atoms with Crippen molar-refractivity contribution < 1.29 is 4.79 Å². The molecule has 0 radical (unpaired) electrons. The Balaban J connectivity index is 1.54. The van der Waals surface area contributed by atoms with E-state index < -0.39 is 6.29 Å². The van der Waals surface area contributed by atoms with E-state index >= 15 is 0 Å². The van der Waals surface area contributed by atoms with Gasteiger partial charge in [-0.15, -0.1) is 0 Å². The van der Waals surface area contributed by atoms with Gasteiger partial charge < -0.3 is 15.2 Å². The Labute approximate surface area is 208 Å². The van der Waals surface area contributed by atoms with Crippen molar-refractivity contribution in [1.29, 1.82) is 0 Å². The third-order valence-electron chi connectivity index (χ3n) is 5.43. The molecule has 1 amide bonds. The van der Waals surface area contributed by atoms with E-state index in [4.69, 9.17) is 23.2 Å². The molecule has 0 spiro atoms. The highest BCUT2D eigenvalue weighted by Crippen LogP contribution is 2.25. The van der Waals surface area contributed by atoms with Crippen LogP contribution >= 0.6 is 23.2 Å². The summed E-state index contributed by atoms with van der Waals surface area (Å²) in [5.41, 5.74) is 4.55. The standard InChI is InChI=1S/C26H25Cl2N5O/c1-33(25(34)20-10-11-23(27)24(28)15-20)26(30-13-12-22-16-29-17-31-22)32-21-9-5-8-19(14-21)18-6-3-2-4-7-18/h2-11,14-17,26,30,32H,12-13H2,1H3,(H,29,31). The van der Waals surface area contributed by atoms with Crippen LogP contribution in [0.3, 0.4) is 0 Å². The molecule has 0 aliphatic carbocycles. The molecule has 8 heteroatoms. The molecule has 1 heterocycles. The third-order valence-corrected chi connectivity index (χ3v) is 6.17. The molecule has 1 aromatic heterocycles. The van der Waals surface area contributed by atoms with Crippen molar-refractivity contribution in [2.45, 2.75) is 12.7 Å². The number of nitrogens with one attached hydrogen (secondary N) is 3. The first-order chi connectivity index (χ1) is 16.5. The van der Waals surface area contributed by atoms with Gasteiger partial charge >= 0.3 is 0 Å². The van der Waals surface area contributed by atoms with E-state index in [1.807, 2.05) is 30.3 Å². The zero-order valence-electron chi connectivity index (χ0n) is 18.6. The molecule has 0 saturated carbocycles. The fourth-order valence-corrected chi connectivity index (χ4v) is 3.87. The van der Waals surface area contributed by atoms with Crippen LogP contribution in [0.1, 0.15) is 16.1 Å². The van der Waals surface area contributed by atoms with E-state index in [0.29, 0.717) is 22.2 Å². The number of halogens is 2. The number of amides is 1. The van der Waals surface area contributed by atoms with Gasteiger partial charge in [0.05, 0.1) is 16.4 Å². The summed E-state index contributed by atoms with van der Waals surface area (Å²) in [7, 11) is 1.74. The zero-order chi connectivity index (χ0) is 23.9. The molecule has 1 unspecified atom stereocenters. The maximum atomic E-state index is 13.2. The van der Waals surface area contributed by atoms with Crippen molar-refractivity contribution in [2.75, 3.05) is 18.9 Å². The van der Waals surface area contributed by atoms with Gasteiger partial charge in [0.15, 0.2) is 6.29 Å². The number of aromatic amines is 1. The Morgan fingerprint density at radius 2 is 1.79 bits per heavy atom. The van der Waals surface area contributed by atoms with E-state index in [9.17, 15) is 4.79 Å². The Morgan fingerprint density at radius 1 is 1.00 bits per heavy atom. The van der Waals surface area contributed by atoms with Gasteiger partial charge in [0, 0.05) is 43.2 Å². The van der Waals surface area contributed by atoms with Crippen LogP contribution in [-0.4, -0.2) is 40.7 Å². The molecule has 3 aromatic carbocycles. The summed E-state index contributed by atoms with van der Waals surface area (Å²) in [4.78, 5) is 22.0. The fraction of sp³-hybridized carbons (Fsp3) is 0.154. The van der Waals surface area contributed by atoms with Gasteiger partial charge in [-0.05, 0) is 41.5 Å². The normalized spacial score (nSPS) is 11.7. The molecular weight excluding hydrogens is 469 g/mol. The second-order valence-corrected chi connectivity index (χ2v) is 8.63. The molecule has 4 rings (SSSR count). The van der Waals surface area contributed by atoms with Gasteiger partial charge in [0.2, 0.25) is 0 Å².